The van der Waals surface area contributed by atoms with Crippen LogP contribution in [0.1, 0.15) is 46.0 Å². The highest BCUT2D eigenvalue weighted by Gasteiger charge is 2.32. The lowest BCUT2D eigenvalue weighted by Crippen LogP contribution is -2.45. The molecule has 0 bridgehead atoms. The fourth-order valence-electron chi connectivity index (χ4n) is 4.95. The second-order valence-corrected chi connectivity index (χ2v) is 11.1. The maximum absolute atomic E-state index is 13.2. The molecule has 10 nitrogen and oxygen atoms in total. The first kappa shape index (κ1) is 25.3. The smallest absolute Gasteiger partial charge is 0.348 e. The Hall–Kier alpha value is -2.79. The van der Waals surface area contributed by atoms with E-state index in [1.165, 1.54) is 27.2 Å². The van der Waals surface area contributed by atoms with Crippen molar-refractivity contribution in [2.75, 3.05) is 26.2 Å². The molecule has 1 aromatic heterocycles. The Balaban J connectivity index is 1.58. The number of likely N-dealkylation sites (tertiary alicyclic amines) is 1. The number of aromatic nitrogens is 2. The van der Waals surface area contributed by atoms with Gasteiger partial charge >= 0.3 is 11.7 Å². The number of amides is 1. The molecule has 2 saturated heterocycles. The molecule has 0 radical (unpaired) electrons. The number of fused-ring (bicyclic) bond motifs is 1. The van der Waals surface area contributed by atoms with Gasteiger partial charge in [-0.25, -0.2) is 18.2 Å². The van der Waals surface area contributed by atoms with E-state index in [9.17, 15) is 22.8 Å². The molecule has 0 N–H and O–H groups in total. The number of piperidine rings is 2. The number of rotatable bonds is 6. The number of carbonyl (C=O) groups is 2. The van der Waals surface area contributed by atoms with Crippen molar-refractivity contribution in [1.29, 1.82) is 0 Å². The molecule has 190 valence electrons. The number of hydrogen-bond acceptors (Lipinski definition) is 7. The molecular weight excluding hydrogens is 472 g/mol. The third-order valence-electron chi connectivity index (χ3n) is 6.87. The predicted octanol–water partition coefficient (Wildman–Crippen LogP) is 1.76. The second kappa shape index (κ2) is 10.4. The number of carbonyl (C=O) groups excluding carboxylic acids is 2. The van der Waals surface area contributed by atoms with E-state index >= 15 is 0 Å². The maximum atomic E-state index is 13.2. The Morgan fingerprint density at radius 2 is 1.94 bits per heavy atom. The largest absolute Gasteiger partial charge is 0.466 e. The minimum Gasteiger partial charge on any atom is -0.466 e. The number of ether oxygens (including phenoxy) is 1. The highest BCUT2D eigenvalue weighted by Crippen LogP contribution is 2.27. The van der Waals surface area contributed by atoms with E-state index in [0.717, 1.165) is 19.3 Å². The molecular formula is C24H32N4O6S. The monoisotopic (exact) mass is 504 g/mol. The van der Waals surface area contributed by atoms with Crippen LogP contribution in [0.2, 0.25) is 0 Å². The number of nitrogens with zero attached hydrogens (tertiary/aromatic N) is 4. The lowest BCUT2D eigenvalue weighted by Gasteiger charge is -2.32. The summed E-state index contributed by atoms with van der Waals surface area (Å²) in [6.07, 6.45) is 5.33. The van der Waals surface area contributed by atoms with E-state index < -0.39 is 15.7 Å². The van der Waals surface area contributed by atoms with Gasteiger partial charge in [0.15, 0.2) is 0 Å². The van der Waals surface area contributed by atoms with Gasteiger partial charge in [0.2, 0.25) is 15.9 Å². The van der Waals surface area contributed by atoms with Crippen LogP contribution in [0.25, 0.3) is 10.9 Å². The predicted molar refractivity (Wildman–Crippen MR) is 129 cm³/mol. The van der Waals surface area contributed by atoms with Crippen molar-refractivity contribution in [3.8, 4) is 0 Å². The van der Waals surface area contributed by atoms with Gasteiger partial charge in [-0.05, 0) is 57.7 Å². The average molecular weight is 505 g/mol. The first-order valence-corrected chi connectivity index (χ1v) is 13.6. The van der Waals surface area contributed by atoms with Crippen LogP contribution in [0.3, 0.4) is 0 Å². The molecule has 1 aromatic carbocycles. The van der Waals surface area contributed by atoms with Gasteiger partial charge in [0.05, 0.1) is 22.9 Å². The first-order valence-electron chi connectivity index (χ1n) is 12.2. The minimum absolute atomic E-state index is 0.0721. The van der Waals surface area contributed by atoms with Gasteiger partial charge in [-0.1, -0.05) is 6.42 Å². The number of sulfonamides is 1. The summed E-state index contributed by atoms with van der Waals surface area (Å²) < 4.78 is 34.4. The van der Waals surface area contributed by atoms with Crippen molar-refractivity contribution in [1.82, 2.24) is 18.8 Å². The highest BCUT2D eigenvalue weighted by atomic mass is 32.2. The summed E-state index contributed by atoms with van der Waals surface area (Å²) in [6.45, 7) is 4.93. The Bertz CT molecular complexity index is 1270. The Morgan fingerprint density at radius 1 is 1.14 bits per heavy atom. The van der Waals surface area contributed by atoms with Gasteiger partial charge in [-0.3, -0.25) is 14.2 Å². The Labute approximate surface area is 204 Å². The fraction of sp³-hybridized carbons (Fsp3) is 0.583. The van der Waals surface area contributed by atoms with Crippen LogP contribution < -0.4 is 5.69 Å². The van der Waals surface area contributed by atoms with Crippen molar-refractivity contribution < 1.29 is 22.7 Å². The summed E-state index contributed by atoms with van der Waals surface area (Å²) in [5.41, 5.74) is -0.159. The molecule has 11 heteroatoms. The zero-order valence-corrected chi connectivity index (χ0v) is 21.0. The molecule has 2 unspecified atom stereocenters. The topological polar surface area (TPSA) is 119 Å². The molecule has 0 saturated carbocycles. The van der Waals surface area contributed by atoms with Gasteiger partial charge in [-0.15, -0.1) is 0 Å². The molecule has 3 heterocycles. The molecule has 0 aliphatic carbocycles. The quantitative estimate of drug-likeness (QED) is 0.550. The van der Waals surface area contributed by atoms with E-state index in [-0.39, 0.29) is 48.4 Å². The fourth-order valence-corrected chi connectivity index (χ4v) is 6.68. The van der Waals surface area contributed by atoms with Gasteiger partial charge in [0.1, 0.15) is 6.54 Å². The minimum atomic E-state index is -3.69. The number of benzene rings is 1. The molecule has 2 aliphatic rings. The molecule has 2 fully saturated rings. The normalized spacial score (nSPS) is 21.7. The summed E-state index contributed by atoms with van der Waals surface area (Å²) in [4.78, 5) is 43.3. The van der Waals surface area contributed by atoms with Crippen LogP contribution in [-0.4, -0.2) is 71.3 Å². The number of hydrogen-bond donors (Lipinski definition) is 0. The summed E-state index contributed by atoms with van der Waals surface area (Å²) in [7, 11) is -3.69. The number of esters is 1. The van der Waals surface area contributed by atoms with Gasteiger partial charge in [0, 0.05) is 37.3 Å². The summed E-state index contributed by atoms with van der Waals surface area (Å²) in [5.74, 6) is -0.986. The Kier molecular flexibility index (Phi) is 7.56. The van der Waals surface area contributed by atoms with Crippen LogP contribution in [0.15, 0.2) is 34.1 Å². The molecule has 2 aliphatic heterocycles. The van der Waals surface area contributed by atoms with Gasteiger partial charge < -0.3 is 9.64 Å². The van der Waals surface area contributed by atoms with Gasteiger partial charge in [-0.2, -0.15) is 4.31 Å². The molecule has 4 rings (SSSR count). The lowest BCUT2D eigenvalue weighted by molar-refractivity contribution is -0.151. The van der Waals surface area contributed by atoms with Gasteiger partial charge in [0.25, 0.3) is 0 Å². The zero-order valence-electron chi connectivity index (χ0n) is 20.2. The van der Waals surface area contributed by atoms with Crippen molar-refractivity contribution in [3.63, 3.8) is 0 Å². The second-order valence-electron chi connectivity index (χ2n) is 9.24. The highest BCUT2D eigenvalue weighted by molar-refractivity contribution is 7.89. The van der Waals surface area contributed by atoms with E-state index in [2.05, 4.69) is 4.98 Å². The third-order valence-corrected chi connectivity index (χ3v) is 8.88. The lowest BCUT2D eigenvalue weighted by atomic mass is 9.98. The van der Waals surface area contributed by atoms with E-state index in [0.29, 0.717) is 36.8 Å². The molecule has 2 aromatic rings. The van der Waals surface area contributed by atoms with E-state index in [1.807, 2.05) is 6.92 Å². The van der Waals surface area contributed by atoms with Crippen molar-refractivity contribution >= 4 is 32.8 Å². The van der Waals surface area contributed by atoms with Crippen molar-refractivity contribution in [2.45, 2.75) is 63.4 Å². The van der Waals surface area contributed by atoms with Crippen LogP contribution >= 0.6 is 0 Å². The first-order chi connectivity index (χ1) is 16.7. The molecule has 35 heavy (non-hydrogen) atoms. The molecule has 1 amide bonds. The standard InChI is InChI=1S/C24H32N4O6S/c1-3-34-23(30)18-8-6-11-26(15-18)22(29)16-27-21-10-9-20(13-19(21)14-25-24(27)31)35(32,33)28-12-5-4-7-17(28)2/h9-10,13-14,17-18H,3-8,11-12,15-16H2,1-2H3. The Morgan fingerprint density at radius 3 is 2.69 bits per heavy atom. The van der Waals surface area contributed by atoms with Crippen LogP contribution in [0, 0.1) is 5.92 Å². The maximum Gasteiger partial charge on any atom is 0.348 e. The van der Waals surface area contributed by atoms with E-state index in [4.69, 9.17) is 4.74 Å². The summed E-state index contributed by atoms with van der Waals surface area (Å²) >= 11 is 0. The van der Waals surface area contributed by atoms with E-state index in [1.54, 1.807) is 17.9 Å². The average Bonchev–Trinajstić information content (AvgIpc) is 2.85. The van der Waals surface area contributed by atoms with Crippen molar-refractivity contribution in [3.05, 3.63) is 34.9 Å². The van der Waals surface area contributed by atoms with Crippen LogP contribution in [-0.2, 0) is 30.9 Å². The SMILES string of the molecule is CCOC(=O)C1CCCN(C(=O)Cn2c(=O)ncc3cc(S(=O)(=O)N4CCCCC4C)ccc32)C1. The third kappa shape index (κ3) is 5.25. The van der Waals surface area contributed by atoms with Crippen LogP contribution in [0.4, 0.5) is 0 Å². The van der Waals surface area contributed by atoms with Crippen molar-refractivity contribution in [2.24, 2.45) is 5.92 Å². The zero-order chi connectivity index (χ0) is 25.2. The molecule has 2 atom stereocenters. The summed E-state index contributed by atoms with van der Waals surface area (Å²) in [6, 6.07) is 4.48. The summed E-state index contributed by atoms with van der Waals surface area (Å²) in [5, 5.41) is 0.464. The molecule has 0 spiro atoms. The van der Waals surface area contributed by atoms with Crippen LogP contribution in [0.5, 0.6) is 0 Å².